The van der Waals surface area contributed by atoms with E-state index in [1.54, 1.807) is 11.8 Å². The molecule has 4 nitrogen and oxygen atoms in total. The summed E-state index contributed by atoms with van der Waals surface area (Å²) in [4.78, 5) is 4.10. The van der Waals surface area contributed by atoms with Gasteiger partial charge < -0.3 is 5.73 Å². The maximum atomic E-state index is 6.19. The molecule has 3 N–H and O–H groups in total. The summed E-state index contributed by atoms with van der Waals surface area (Å²) >= 11 is 1.71. The van der Waals surface area contributed by atoms with Gasteiger partial charge in [-0.25, -0.2) is 4.98 Å². The van der Waals surface area contributed by atoms with Crippen LogP contribution in [0.4, 0.5) is 0 Å². The highest BCUT2D eigenvalue weighted by molar-refractivity contribution is 7.99. The quantitative estimate of drug-likeness (QED) is 0.778. The lowest BCUT2D eigenvalue weighted by atomic mass is 9.88. The molecule has 0 radical (unpaired) electrons. The van der Waals surface area contributed by atoms with Gasteiger partial charge in [0.05, 0.1) is 0 Å². The Morgan fingerprint density at radius 2 is 2.43 bits per heavy atom. The van der Waals surface area contributed by atoms with Crippen LogP contribution in [0.2, 0.25) is 0 Å². The van der Waals surface area contributed by atoms with Crippen LogP contribution in [0, 0.1) is 5.41 Å². The van der Waals surface area contributed by atoms with Crippen LogP contribution in [0.3, 0.4) is 0 Å². The summed E-state index contributed by atoms with van der Waals surface area (Å²) in [5.74, 6) is 0. The molecule has 1 heterocycles. The van der Waals surface area contributed by atoms with Crippen LogP contribution in [-0.2, 0) is 0 Å². The van der Waals surface area contributed by atoms with Gasteiger partial charge in [-0.2, -0.15) is 5.10 Å². The van der Waals surface area contributed by atoms with Crippen LogP contribution < -0.4 is 5.73 Å². The van der Waals surface area contributed by atoms with Crippen LogP contribution in [0.15, 0.2) is 11.5 Å². The van der Waals surface area contributed by atoms with Crippen molar-refractivity contribution in [2.24, 2.45) is 11.1 Å². The third kappa shape index (κ3) is 1.79. The normalized spacial score (nSPS) is 30.8. The van der Waals surface area contributed by atoms with E-state index in [0.717, 1.165) is 5.16 Å². The molecule has 14 heavy (non-hydrogen) atoms. The number of aromatic amines is 1. The second-order valence-corrected chi connectivity index (χ2v) is 5.73. The van der Waals surface area contributed by atoms with Crippen molar-refractivity contribution in [3.63, 3.8) is 0 Å². The molecule has 1 saturated carbocycles. The van der Waals surface area contributed by atoms with Gasteiger partial charge in [-0.1, -0.05) is 25.6 Å². The SMILES string of the molecule is CC1(C)CCC(Sc2ncn[nH]2)C1N. The summed E-state index contributed by atoms with van der Waals surface area (Å²) in [6.07, 6.45) is 3.90. The lowest BCUT2D eigenvalue weighted by molar-refractivity contribution is 0.334. The smallest absolute Gasteiger partial charge is 0.183 e. The molecule has 2 unspecified atom stereocenters. The highest BCUT2D eigenvalue weighted by atomic mass is 32.2. The average molecular weight is 212 g/mol. The zero-order valence-electron chi connectivity index (χ0n) is 8.53. The first-order valence-electron chi connectivity index (χ1n) is 4.87. The Balaban J connectivity index is 2.01. The minimum atomic E-state index is 0.248. The van der Waals surface area contributed by atoms with E-state index in [1.165, 1.54) is 19.2 Å². The lowest BCUT2D eigenvalue weighted by Gasteiger charge is -2.25. The van der Waals surface area contributed by atoms with Crippen molar-refractivity contribution in [2.75, 3.05) is 0 Å². The first-order valence-corrected chi connectivity index (χ1v) is 5.75. The topological polar surface area (TPSA) is 67.6 Å². The Labute approximate surface area is 88.1 Å². The van der Waals surface area contributed by atoms with Crippen LogP contribution >= 0.6 is 11.8 Å². The molecule has 0 spiro atoms. The molecule has 0 aromatic carbocycles. The number of hydrogen-bond acceptors (Lipinski definition) is 4. The lowest BCUT2D eigenvalue weighted by Crippen LogP contribution is -2.38. The molecular weight excluding hydrogens is 196 g/mol. The fourth-order valence-electron chi connectivity index (χ4n) is 1.89. The number of nitrogens with two attached hydrogens (primary N) is 1. The largest absolute Gasteiger partial charge is 0.326 e. The maximum absolute atomic E-state index is 6.19. The molecule has 1 aromatic rings. The van der Waals surface area contributed by atoms with E-state index >= 15 is 0 Å². The molecule has 5 heteroatoms. The summed E-state index contributed by atoms with van der Waals surface area (Å²) < 4.78 is 0. The van der Waals surface area contributed by atoms with Crippen LogP contribution in [0.1, 0.15) is 26.7 Å². The van der Waals surface area contributed by atoms with Gasteiger partial charge in [0.15, 0.2) is 5.16 Å². The molecule has 1 fully saturated rings. The van der Waals surface area contributed by atoms with Crippen molar-refractivity contribution >= 4 is 11.8 Å². The zero-order chi connectivity index (χ0) is 10.2. The average Bonchev–Trinajstić information content (AvgIpc) is 2.70. The Hall–Kier alpha value is -0.550. The first kappa shape index (κ1) is 9.98. The van der Waals surface area contributed by atoms with Gasteiger partial charge in [-0.3, -0.25) is 5.10 Å². The van der Waals surface area contributed by atoms with Crippen LogP contribution in [-0.4, -0.2) is 26.5 Å². The molecule has 0 bridgehead atoms. The summed E-state index contributed by atoms with van der Waals surface area (Å²) in [6, 6.07) is 0.248. The molecular formula is C9H16N4S. The van der Waals surface area contributed by atoms with E-state index in [-0.39, 0.29) is 11.5 Å². The van der Waals surface area contributed by atoms with Gasteiger partial charge in [0, 0.05) is 11.3 Å². The molecule has 2 rings (SSSR count). The van der Waals surface area contributed by atoms with Gasteiger partial charge in [0.1, 0.15) is 6.33 Å². The van der Waals surface area contributed by atoms with Gasteiger partial charge >= 0.3 is 0 Å². The molecule has 1 aliphatic carbocycles. The summed E-state index contributed by atoms with van der Waals surface area (Å²) in [6.45, 7) is 4.47. The van der Waals surface area contributed by atoms with Gasteiger partial charge in [0.25, 0.3) is 0 Å². The Morgan fingerprint density at radius 3 is 2.93 bits per heavy atom. The molecule has 1 aromatic heterocycles. The van der Waals surface area contributed by atoms with E-state index in [1.807, 2.05) is 0 Å². The number of H-pyrrole nitrogens is 1. The summed E-state index contributed by atoms with van der Waals surface area (Å²) in [7, 11) is 0. The zero-order valence-corrected chi connectivity index (χ0v) is 9.34. The third-order valence-corrected chi connectivity index (χ3v) is 4.28. The maximum Gasteiger partial charge on any atom is 0.183 e. The van der Waals surface area contributed by atoms with E-state index in [0.29, 0.717) is 5.25 Å². The Bertz CT molecular complexity index is 296. The highest BCUT2D eigenvalue weighted by Crippen LogP contribution is 2.42. The number of thioether (sulfide) groups is 1. The van der Waals surface area contributed by atoms with Crippen molar-refractivity contribution in [2.45, 2.75) is 43.1 Å². The summed E-state index contributed by atoms with van der Waals surface area (Å²) in [5, 5.41) is 8.03. The van der Waals surface area contributed by atoms with Crippen molar-refractivity contribution < 1.29 is 0 Å². The number of nitrogens with one attached hydrogen (secondary N) is 1. The van der Waals surface area contributed by atoms with Gasteiger partial charge in [-0.05, 0) is 18.3 Å². The van der Waals surface area contributed by atoms with Crippen molar-refractivity contribution in [3.8, 4) is 0 Å². The van der Waals surface area contributed by atoms with E-state index < -0.39 is 0 Å². The number of aromatic nitrogens is 3. The molecule has 2 atom stereocenters. The number of hydrogen-bond donors (Lipinski definition) is 2. The molecule has 1 aliphatic rings. The molecule has 0 amide bonds. The monoisotopic (exact) mass is 212 g/mol. The Kier molecular flexibility index (Phi) is 2.53. The number of rotatable bonds is 2. The minimum absolute atomic E-state index is 0.248. The third-order valence-electron chi connectivity index (χ3n) is 3.03. The predicted octanol–water partition coefficient (Wildman–Crippen LogP) is 1.41. The van der Waals surface area contributed by atoms with Gasteiger partial charge in [0.2, 0.25) is 0 Å². The molecule has 78 valence electrons. The first-order chi connectivity index (χ1) is 6.59. The molecule has 0 aliphatic heterocycles. The van der Waals surface area contributed by atoms with Crippen LogP contribution in [0.25, 0.3) is 0 Å². The molecule has 0 saturated heterocycles. The van der Waals surface area contributed by atoms with E-state index in [9.17, 15) is 0 Å². The van der Waals surface area contributed by atoms with Crippen molar-refractivity contribution in [1.29, 1.82) is 0 Å². The standard InChI is InChI=1S/C9H16N4S/c1-9(2)4-3-6(7(9)10)14-8-11-5-12-13-8/h5-7H,3-4,10H2,1-2H3,(H,11,12,13). The predicted molar refractivity (Wildman–Crippen MR) is 57.0 cm³/mol. The Morgan fingerprint density at radius 1 is 1.64 bits per heavy atom. The fourth-order valence-corrected chi connectivity index (χ4v) is 3.14. The number of nitrogens with zero attached hydrogens (tertiary/aromatic N) is 2. The van der Waals surface area contributed by atoms with E-state index in [4.69, 9.17) is 5.73 Å². The second kappa shape index (κ2) is 3.55. The fraction of sp³-hybridized carbons (Fsp3) is 0.778. The van der Waals surface area contributed by atoms with E-state index in [2.05, 4.69) is 29.0 Å². The highest BCUT2D eigenvalue weighted by Gasteiger charge is 2.40. The minimum Gasteiger partial charge on any atom is -0.326 e. The summed E-state index contributed by atoms with van der Waals surface area (Å²) in [5.41, 5.74) is 6.45. The van der Waals surface area contributed by atoms with Crippen molar-refractivity contribution in [1.82, 2.24) is 15.2 Å². The second-order valence-electron chi connectivity index (χ2n) is 4.50. The van der Waals surface area contributed by atoms with Crippen LogP contribution in [0.5, 0.6) is 0 Å². The van der Waals surface area contributed by atoms with Crippen molar-refractivity contribution in [3.05, 3.63) is 6.33 Å². The van der Waals surface area contributed by atoms with Gasteiger partial charge in [-0.15, -0.1) is 0 Å².